The van der Waals surface area contributed by atoms with Gasteiger partial charge in [-0.05, 0) is 41.5 Å². The van der Waals surface area contributed by atoms with Crippen LogP contribution in [0.2, 0.25) is 0 Å². The van der Waals surface area contributed by atoms with Crippen molar-refractivity contribution in [3.63, 3.8) is 0 Å². The Morgan fingerprint density at radius 3 is 2.29 bits per heavy atom. The molecule has 3 aromatic carbocycles. The molecule has 0 saturated carbocycles. The third-order valence-corrected chi connectivity index (χ3v) is 4.40. The van der Waals surface area contributed by atoms with Crippen LogP contribution in [0.25, 0.3) is 0 Å². The average Bonchev–Trinajstić information content (AvgIpc) is 2.73. The van der Waals surface area contributed by atoms with Crippen LogP contribution >= 0.6 is 0 Å². The van der Waals surface area contributed by atoms with Gasteiger partial charge in [-0.25, -0.2) is 4.39 Å². The first-order chi connectivity index (χ1) is 13.6. The summed E-state index contributed by atoms with van der Waals surface area (Å²) in [4.78, 5) is 12.1. The molecule has 3 rings (SSSR count). The van der Waals surface area contributed by atoms with Crippen LogP contribution in [0.4, 0.5) is 10.1 Å². The number of para-hydroxylation sites is 1. The van der Waals surface area contributed by atoms with E-state index in [1.807, 2.05) is 48.5 Å². The van der Waals surface area contributed by atoms with Crippen LogP contribution in [-0.4, -0.2) is 13.0 Å². The zero-order valence-corrected chi connectivity index (χ0v) is 15.7. The number of anilines is 1. The van der Waals surface area contributed by atoms with Gasteiger partial charge in [-0.2, -0.15) is 0 Å². The molecule has 5 heteroatoms. The first-order valence-electron chi connectivity index (χ1n) is 9.10. The summed E-state index contributed by atoms with van der Waals surface area (Å²) in [5.74, 6) is 0.498. The van der Waals surface area contributed by atoms with E-state index in [0.717, 1.165) is 28.1 Å². The maximum Gasteiger partial charge on any atom is 0.224 e. The molecule has 3 aromatic rings. The summed E-state index contributed by atoms with van der Waals surface area (Å²) in [6.07, 6.45) is 0.300. The number of carbonyl (C=O) groups is 1. The fourth-order valence-electron chi connectivity index (χ4n) is 2.84. The molecular formula is C23H23FN2O2. The van der Waals surface area contributed by atoms with E-state index in [4.69, 9.17) is 4.74 Å². The first-order valence-corrected chi connectivity index (χ1v) is 9.10. The summed E-state index contributed by atoms with van der Waals surface area (Å²) in [5.41, 5.74) is 3.85. The van der Waals surface area contributed by atoms with E-state index in [1.165, 1.54) is 12.1 Å². The highest BCUT2D eigenvalue weighted by Gasteiger charge is 2.05. The van der Waals surface area contributed by atoms with Crippen molar-refractivity contribution < 1.29 is 13.9 Å². The number of ether oxygens (including phenoxy) is 1. The zero-order chi connectivity index (χ0) is 19.8. The largest absolute Gasteiger partial charge is 0.496 e. The Hall–Kier alpha value is -3.34. The lowest BCUT2D eigenvalue weighted by Gasteiger charge is -2.11. The maximum absolute atomic E-state index is 12.9. The molecule has 0 atom stereocenters. The van der Waals surface area contributed by atoms with Gasteiger partial charge in [0.15, 0.2) is 0 Å². The van der Waals surface area contributed by atoms with E-state index >= 15 is 0 Å². The minimum Gasteiger partial charge on any atom is -0.496 e. The van der Waals surface area contributed by atoms with E-state index in [-0.39, 0.29) is 11.7 Å². The lowest BCUT2D eigenvalue weighted by atomic mass is 10.1. The van der Waals surface area contributed by atoms with E-state index in [2.05, 4.69) is 10.6 Å². The van der Waals surface area contributed by atoms with Crippen molar-refractivity contribution in [2.24, 2.45) is 0 Å². The summed E-state index contributed by atoms with van der Waals surface area (Å²) < 4.78 is 18.3. The van der Waals surface area contributed by atoms with Crippen LogP contribution in [0.5, 0.6) is 5.75 Å². The lowest BCUT2D eigenvalue weighted by molar-refractivity contribution is -0.120. The van der Waals surface area contributed by atoms with Crippen molar-refractivity contribution in [1.29, 1.82) is 0 Å². The van der Waals surface area contributed by atoms with Crippen molar-refractivity contribution in [2.45, 2.75) is 19.5 Å². The molecule has 0 aliphatic carbocycles. The van der Waals surface area contributed by atoms with Gasteiger partial charge < -0.3 is 15.4 Å². The SMILES string of the molecule is COc1ccccc1CNc1ccc(CC(=O)NCc2ccc(F)cc2)cc1. The van der Waals surface area contributed by atoms with Gasteiger partial charge in [0.2, 0.25) is 5.91 Å². The van der Waals surface area contributed by atoms with Crippen LogP contribution in [0.3, 0.4) is 0 Å². The zero-order valence-electron chi connectivity index (χ0n) is 15.7. The normalized spacial score (nSPS) is 10.4. The van der Waals surface area contributed by atoms with Crippen molar-refractivity contribution in [1.82, 2.24) is 5.32 Å². The molecule has 4 nitrogen and oxygen atoms in total. The highest BCUT2D eigenvalue weighted by Crippen LogP contribution is 2.19. The van der Waals surface area contributed by atoms with E-state index in [1.54, 1.807) is 19.2 Å². The lowest BCUT2D eigenvalue weighted by Crippen LogP contribution is -2.24. The Morgan fingerprint density at radius 2 is 1.57 bits per heavy atom. The smallest absolute Gasteiger partial charge is 0.224 e. The molecule has 0 aliphatic heterocycles. The number of halogens is 1. The predicted molar refractivity (Wildman–Crippen MR) is 109 cm³/mol. The van der Waals surface area contributed by atoms with Crippen molar-refractivity contribution in [3.05, 3.63) is 95.3 Å². The summed E-state index contributed by atoms with van der Waals surface area (Å²) in [5, 5.41) is 6.21. The molecule has 0 fully saturated rings. The monoisotopic (exact) mass is 378 g/mol. The first kappa shape index (κ1) is 19.4. The van der Waals surface area contributed by atoms with E-state index < -0.39 is 0 Å². The molecule has 1 amide bonds. The van der Waals surface area contributed by atoms with Gasteiger partial charge >= 0.3 is 0 Å². The van der Waals surface area contributed by atoms with Gasteiger partial charge in [0.05, 0.1) is 13.5 Å². The molecular weight excluding hydrogens is 355 g/mol. The van der Waals surface area contributed by atoms with Crippen LogP contribution in [0.15, 0.2) is 72.8 Å². The van der Waals surface area contributed by atoms with Crippen molar-refractivity contribution in [3.8, 4) is 5.75 Å². The van der Waals surface area contributed by atoms with Crippen LogP contribution < -0.4 is 15.4 Å². The molecule has 0 radical (unpaired) electrons. The second-order valence-corrected chi connectivity index (χ2v) is 6.44. The Morgan fingerprint density at radius 1 is 0.893 bits per heavy atom. The molecule has 144 valence electrons. The molecule has 0 spiro atoms. The third kappa shape index (κ3) is 5.58. The fraction of sp³-hybridized carbons (Fsp3) is 0.174. The second-order valence-electron chi connectivity index (χ2n) is 6.44. The summed E-state index contributed by atoms with van der Waals surface area (Å²) in [7, 11) is 1.66. The Balaban J connectivity index is 1.48. The molecule has 0 aromatic heterocycles. The Kier molecular flexibility index (Phi) is 6.63. The highest BCUT2D eigenvalue weighted by molar-refractivity contribution is 5.78. The third-order valence-electron chi connectivity index (χ3n) is 4.40. The summed E-state index contributed by atoms with van der Waals surface area (Å²) in [6, 6.07) is 21.8. The van der Waals surface area contributed by atoms with Gasteiger partial charge in [-0.1, -0.05) is 42.5 Å². The molecule has 0 aliphatic rings. The van der Waals surface area contributed by atoms with Gasteiger partial charge in [0, 0.05) is 24.3 Å². The number of carbonyl (C=O) groups excluding carboxylic acids is 1. The second kappa shape index (κ2) is 9.55. The molecule has 28 heavy (non-hydrogen) atoms. The number of hydrogen-bond acceptors (Lipinski definition) is 3. The minimum absolute atomic E-state index is 0.0703. The average molecular weight is 378 g/mol. The molecule has 0 bridgehead atoms. The van der Waals surface area contributed by atoms with E-state index in [9.17, 15) is 9.18 Å². The topological polar surface area (TPSA) is 50.4 Å². The van der Waals surface area contributed by atoms with E-state index in [0.29, 0.717) is 19.5 Å². The standard InChI is InChI=1S/C23H23FN2O2/c1-28-22-5-3-2-4-19(22)16-25-21-12-8-17(9-13-21)14-23(27)26-15-18-6-10-20(24)11-7-18/h2-13,25H,14-16H2,1H3,(H,26,27). The predicted octanol–water partition coefficient (Wildman–Crippen LogP) is 4.31. The van der Waals surface area contributed by atoms with Gasteiger partial charge in [-0.15, -0.1) is 0 Å². The summed E-state index contributed by atoms with van der Waals surface area (Å²) >= 11 is 0. The summed E-state index contributed by atoms with van der Waals surface area (Å²) in [6.45, 7) is 1.04. The maximum atomic E-state index is 12.9. The highest BCUT2D eigenvalue weighted by atomic mass is 19.1. The van der Waals surface area contributed by atoms with Crippen molar-refractivity contribution >= 4 is 11.6 Å². The number of nitrogens with one attached hydrogen (secondary N) is 2. The Labute approximate surface area is 164 Å². The molecule has 0 saturated heterocycles. The molecule has 2 N–H and O–H groups in total. The number of benzene rings is 3. The van der Waals surface area contributed by atoms with Gasteiger partial charge in [0.1, 0.15) is 11.6 Å². The Bertz CT molecular complexity index is 909. The van der Waals surface area contributed by atoms with Gasteiger partial charge in [0.25, 0.3) is 0 Å². The number of methoxy groups -OCH3 is 1. The molecule has 0 unspecified atom stereocenters. The van der Waals surface area contributed by atoms with Crippen LogP contribution in [0.1, 0.15) is 16.7 Å². The van der Waals surface area contributed by atoms with Crippen molar-refractivity contribution in [2.75, 3.05) is 12.4 Å². The number of rotatable bonds is 8. The minimum atomic E-state index is -0.283. The number of hydrogen-bond donors (Lipinski definition) is 2. The van der Waals surface area contributed by atoms with Crippen LogP contribution in [0, 0.1) is 5.82 Å². The number of amides is 1. The van der Waals surface area contributed by atoms with Crippen LogP contribution in [-0.2, 0) is 24.3 Å². The molecule has 0 heterocycles. The quantitative estimate of drug-likeness (QED) is 0.614. The fourth-order valence-corrected chi connectivity index (χ4v) is 2.84. The van der Waals surface area contributed by atoms with Gasteiger partial charge in [-0.3, -0.25) is 4.79 Å².